The van der Waals surface area contributed by atoms with Gasteiger partial charge in [-0.15, -0.1) is 11.3 Å². The number of hydrogen-bond donors (Lipinski definition) is 1. The number of anilines is 1. The molecule has 1 unspecified atom stereocenters. The molecule has 1 aromatic carbocycles. The molecule has 3 aromatic rings. The zero-order valence-electron chi connectivity index (χ0n) is 10.4. The van der Waals surface area contributed by atoms with Crippen LogP contribution in [0, 0.1) is 3.57 Å². The number of thiophene rings is 1. The van der Waals surface area contributed by atoms with Crippen LogP contribution in [0.4, 0.5) is 5.69 Å². The zero-order chi connectivity index (χ0) is 13.2. The quantitative estimate of drug-likeness (QED) is 0.642. The van der Waals surface area contributed by atoms with Crippen molar-refractivity contribution in [2.75, 3.05) is 5.32 Å². The van der Waals surface area contributed by atoms with E-state index in [1.807, 2.05) is 6.20 Å². The van der Waals surface area contributed by atoms with Gasteiger partial charge in [-0.05, 0) is 76.9 Å². The maximum absolute atomic E-state index is 4.49. The topological polar surface area (TPSA) is 24.9 Å². The molecule has 0 aliphatic heterocycles. The standard InChI is InChI=1S/C15H13IN2S/c1-10(18-13-4-2-12(16)3-5-13)11-8-15-14(17-9-11)6-7-19-15/h2-10,18H,1H3. The molecular weight excluding hydrogens is 367 g/mol. The van der Waals surface area contributed by atoms with Crippen molar-refractivity contribution in [1.29, 1.82) is 0 Å². The molecule has 0 radical (unpaired) electrons. The highest BCUT2D eigenvalue weighted by Gasteiger charge is 2.07. The highest BCUT2D eigenvalue weighted by Crippen LogP contribution is 2.25. The van der Waals surface area contributed by atoms with E-state index in [1.165, 1.54) is 13.8 Å². The minimum Gasteiger partial charge on any atom is -0.378 e. The number of rotatable bonds is 3. The van der Waals surface area contributed by atoms with Crippen LogP contribution >= 0.6 is 33.9 Å². The number of nitrogens with zero attached hydrogens (tertiary/aromatic N) is 1. The predicted octanol–water partition coefficient (Wildman–Crippen LogP) is 5.07. The Morgan fingerprint density at radius 3 is 2.79 bits per heavy atom. The Bertz CT molecular complexity index is 691. The minimum atomic E-state index is 0.249. The number of fused-ring (bicyclic) bond motifs is 1. The lowest BCUT2D eigenvalue weighted by molar-refractivity contribution is 0.880. The number of hydrogen-bond acceptors (Lipinski definition) is 3. The van der Waals surface area contributed by atoms with Crippen LogP contribution in [0.25, 0.3) is 10.2 Å². The molecule has 2 aromatic heterocycles. The third-order valence-corrected chi connectivity index (χ3v) is 4.62. The number of pyridine rings is 1. The second-order valence-electron chi connectivity index (χ2n) is 4.45. The lowest BCUT2D eigenvalue weighted by Gasteiger charge is -2.15. The molecule has 19 heavy (non-hydrogen) atoms. The van der Waals surface area contributed by atoms with Gasteiger partial charge in [-0.2, -0.15) is 0 Å². The fourth-order valence-electron chi connectivity index (χ4n) is 1.98. The van der Waals surface area contributed by atoms with Gasteiger partial charge in [0.2, 0.25) is 0 Å². The van der Waals surface area contributed by atoms with Crippen LogP contribution in [0.2, 0.25) is 0 Å². The number of halogens is 1. The zero-order valence-corrected chi connectivity index (χ0v) is 13.4. The second kappa shape index (κ2) is 5.46. The summed E-state index contributed by atoms with van der Waals surface area (Å²) in [6, 6.07) is 13.0. The lowest BCUT2D eigenvalue weighted by atomic mass is 10.1. The number of nitrogens with one attached hydrogen (secondary N) is 1. The first kappa shape index (κ1) is 12.9. The van der Waals surface area contributed by atoms with Crippen LogP contribution in [0.3, 0.4) is 0 Å². The van der Waals surface area contributed by atoms with Crippen LogP contribution < -0.4 is 5.32 Å². The Balaban J connectivity index is 1.82. The molecule has 0 fully saturated rings. The SMILES string of the molecule is CC(Nc1ccc(I)cc1)c1cnc2ccsc2c1. The van der Waals surface area contributed by atoms with Crippen LogP contribution in [0.1, 0.15) is 18.5 Å². The summed E-state index contributed by atoms with van der Waals surface area (Å²) < 4.78 is 2.49. The van der Waals surface area contributed by atoms with Gasteiger partial charge in [-0.1, -0.05) is 0 Å². The van der Waals surface area contributed by atoms with Gasteiger partial charge in [-0.3, -0.25) is 4.98 Å². The summed E-state index contributed by atoms with van der Waals surface area (Å²) >= 11 is 4.05. The van der Waals surface area contributed by atoms with E-state index in [9.17, 15) is 0 Å². The van der Waals surface area contributed by atoms with Crippen LogP contribution in [-0.4, -0.2) is 4.98 Å². The van der Waals surface area contributed by atoms with Crippen LogP contribution in [0.5, 0.6) is 0 Å². The molecule has 0 amide bonds. The van der Waals surface area contributed by atoms with Gasteiger partial charge in [0, 0.05) is 15.5 Å². The summed E-state index contributed by atoms with van der Waals surface area (Å²) in [5.74, 6) is 0. The van der Waals surface area contributed by atoms with E-state index in [2.05, 4.69) is 81.6 Å². The predicted molar refractivity (Wildman–Crippen MR) is 90.8 cm³/mol. The maximum atomic E-state index is 4.49. The molecule has 0 saturated carbocycles. The van der Waals surface area contributed by atoms with Crippen molar-refractivity contribution < 1.29 is 0 Å². The van der Waals surface area contributed by atoms with Gasteiger partial charge in [0.05, 0.1) is 16.3 Å². The monoisotopic (exact) mass is 380 g/mol. The molecule has 96 valence electrons. The Morgan fingerprint density at radius 1 is 1.21 bits per heavy atom. The molecule has 3 rings (SSSR count). The van der Waals surface area contributed by atoms with Crippen molar-refractivity contribution in [2.45, 2.75) is 13.0 Å². The van der Waals surface area contributed by atoms with E-state index in [0.717, 1.165) is 11.2 Å². The van der Waals surface area contributed by atoms with Gasteiger partial charge in [0.15, 0.2) is 0 Å². The summed E-state index contributed by atoms with van der Waals surface area (Å²) in [5, 5.41) is 5.59. The third-order valence-electron chi connectivity index (χ3n) is 3.05. The van der Waals surface area contributed by atoms with E-state index in [0.29, 0.717) is 0 Å². The van der Waals surface area contributed by atoms with Crippen molar-refractivity contribution in [3.05, 3.63) is 57.1 Å². The largest absolute Gasteiger partial charge is 0.378 e. The molecular formula is C15H13IN2S. The molecule has 4 heteroatoms. The van der Waals surface area contributed by atoms with E-state index in [1.54, 1.807) is 11.3 Å². The number of aromatic nitrogens is 1. The van der Waals surface area contributed by atoms with Crippen LogP contribution in [-0.2, 0) is 0 Å². The van der Waals surface area contributed by atoms with Gasteiger partial charge >= 0.3 is 0 Å². The Hall–Kier alpha value is -1.14. The summed E-state index contributed by atoms with van der Waals surface area (Å²) in [5.41, 5.74) is 3.43. The summed E-state index contributed by atoms with van der Waals surface area (Å²) in [6.07, 6.45) is 1.96. The fraction of sp³-hybridized carbons (Fsp3) is 0.133. The van der Waals surface area contributed by atoms with Crippen molar-refractivity contribution in [1.82, 2.24) is 4.98 Å². The highest BCUT2D eigenvalue weighted by atomic mass is 127. The lowest BCUT2D eigenvalue weighted by Crippen LogP contribution is -2.06. The first-order valence-corrected chi connectivity index (χ1v) is 8.03. The van der Waals surface area contributed by atoms with Gasteiger partial charge in [-0.25, -0.2) is 0 Å². The Kier molecular flexibility index (Phi) is 3.70. The van der Waals surface area contributed by atoms with E-state index < -0.39 is 0 Å². The molecule has 0 aliphatic carbocycles. The fourth-order valence-corrected chi connectivity index (χ4v) is 3.13. The molecule has 0 saturated heterocycles. The Labute approximate surface area is 130 Å². The average Bonchev–Trinajstić information content (AvgIpc) is 2.88. The van der Waals surface area contributed by atoms with E-state index >= 15 is 0 Å². The third kappa shape index (κ3) is 2.90. The molecule has 2 nitrogen and oxygen atoms in total. The normalized spacial score (nSPS) is 12.5. The summed E-state index contributed by atoms with van der Waals surface area (Å²) in [7, 11) is 0. The van der Waals surface area contributed by atoms with Crippen molar-refractivity contribution in [3.8, 4) is 0 Å². The second-order valence-corrected chi connectivity index (χ2v) is 6.64. The van der Waals surface area contributed by atoms with Gasteiger partial charge in [0.25, 0.3) is 0 Å². The van der Waals surface area contributed by atoms with Gasteiger partial charge < -0.3 is 5.32 Å². The molecule has 2 heterocycles. The van der Waals surface area contributed by atoms with Crippen molar-refractivity contribution >= 4 is 49.8 Å². The van der Waals surface area contributed by atoms with E-state index in [-0.39, 0.29) is 6.04 Å². The van der Waals surface area contributed by atoms with E-state index in [4.69, 9.17) is 0 Å². The Morgan fingerprint density at radius 2 is 2.00 bits per heavy atom. The molecule has 1 N–H and O–H groups in total. The molecule has 1 atom stereocenters. The average molecular weight is 380 g/mol. The maximum Gasteiger partial charge on any atom is 0.0809 e. The summed E-state index contributed by atoms with van der Waals surface area (Å²) in [6.45, 7) is 2.16. The van der Waals surface area contributed by atoms with Crippen LogP contribution in [0.15, 0.2) is 48.0 Å². The first-order chi connectivity index (χ1) is 9.22. The van der Waals surface area contributed by atoms with Gasteiger partial charge in [0.1, 0.15) is 0 Å². The summed E-state index contributed by atoms with van der Waals surface area (Å²) in [4.78, 5) is 4.49. The smallest absolute Gasteiger partial charge is 0.0809 e. The van der Waals surface area contributed by atoms with Crippen molar-refractivity contribution in [3.63, 3.8) is 0 Å². The molecule has 0 bridgehead atoms. The molecule has 0 aliphatic rings. The first-order valence-electron chi connectivity index (χ1n) is 6.07. The molecule has 0 spiro atoms. The minimum absolute atomic E-state index is 0.249. The highest BCUT2D eigenvalue weighted by molar-refractivity contribution is 14.1. The number of benzene rings is 1. The van der Waals surface area contributed by atoms with Crippen molar-refractivity contribution in [2.24, 2.45) is 0 Å².